The van der Waals surface area contributed by atoms with E-state index in [9.17, 15) is 4.79 Å². The summed E-state index contributed by atoms with van der Waals surface area (Å²) in [6.07, 6.45) is 0.400. The Morgan fingerprint density at radius 1 is 1.36 bits per heavy atom. The Morgan fingerprint density at radius 3 is 2.73 bits per heavy atom. The molecule has 0 unspecified atom stereocenters. The number of nitrogens with zero attached hydrogens (tertiary/aromatic N) is 2. The van der Waals surface area contributed by atoms with Gasteiger partial charge in [-0.3, -0.25) is 9.48 Å². The summed E-state index contributed by atoms with van der Waals surface area (Å²) in [4.78, 5) is 12.1. The summed E-state index contributed by atoms with van der Waals surface area (Å²) in [6, 6.07) is 9.73. The van der Waals surface area contributed by atoms with Crippen molar-refractivity contribution in [3.05, 3.63) is 47.3 Å². The van der Waals surface area contributed by atoms with Crippen molar-refractivity contribution in [1.82, 2.24) is 15.1 Å². The van der Waals surface area contributed by atoms with Gasteiger partial charge in [0.15, 0.2) is 0 Å². The molecule has 1 heterocycles. The maximum absolute atomic E-state index is 12.1. The molecular weight excluding hydrogens is 278 g/mol. The van der Waals surface area contributed by atoms with Gasteiger partial charge in [-0.2, -0.15) is 5.10 Å². The molecule has 1 amide bonds. The lowest BCUT2D eigenvalue weighted by molar-refractivity contribution is -0.122. The van der Waals surface area contributed by atoms with Crippen molar-refractivity contribution in [1.29, 1.82) is 0 Å². The Hall–Kier alpha value is -2.30. The fourth-order valence-electron chi connectivity index (χ4n) is 2.56. The van der Waals surface area contributed by atoms with Gasteiger partial charge in [0, 0.05) is 24.2 Å². The first-order valence-electron chi connectivity index (χ1n) is 7.42. The van der Waals surface area contributed by atoms with Gasteiger partial charge in [-0.15, -0.1) is 0 Å². The van der Waals surface area contributed by atoms with E-state index in [1.54, 1.807) is 7.11 Å². The zero-order valence-electron chi connectivity index (χ0n) is 13.6. The monoisotopic (exact) mass is 301 g/mol. The second kappa shape index (κ2) is 7.11. The largest absolute Gasteiger partial charge is 0.496 e. The van der Waals surface area contributed by atoms with Crippen LogP contribution in [0.1, 0.15) is 36.3 Å². The highest BCUT2D eigenvalue weighted by atomic mass is 16.5. The molecule has 0 saturated heterocycles. The molecule has 0 aliphatic rings. The molecule has 0 radical (unpaired) electrons. The number of benzene rings is 1. The van der Waals surface area contributed by atoms with Gasteiger partial charge >= 0.3 is 0 Å². The lowest BCUT2D eigenvalue weighted by Crippen LogP contribution is -2.26. The van der Waals surface area contributed by atoms with Crippen LogP contribution in [-0.2, 0) is 11.3 Å². The van der Waals surface area contributed by atoms with E-state index < -0.39 is 0 Å². The van der Waals surface area contributed by atoms with Crippen molar-refractivity contribution in [2.45, 2.75) is 39.8 Å². The van der Waals surface area contributed by atoms with E-state index in [1.165, 1.54) is 0 Å². The molecule has 0 fully saturated rings. The maximum atomic E-state index is 12.1. The Kier molecular flexibility index (Phi) is 5.20. The van der Waals surface area contributed by atoms with Crippen LogP contribution in [0.4, 0.5) is 0 Å². The van der Waals surface area contributed by atoms with Crippen LogP contribution < -0.4 is 10.1 Å². The minimum absolute atomic E-state index is 0.00552. The minimum atomic E-state index is 0.00552. The van der Waals surface area contributed by atoms with Crippen LogP contribution in [0.2, 0.25) is 0 Å². The van der Waals surface area contributed by atoms with Crippen molar-refractivity contribution in [2.75, 3.05) is 7.11 Å². The number of hydrogen-bond donors (Lipinski definition) is 1. The predicted molar refractivity (Wildman–Crippen MR) is 85.9 cm³/mol. The zero-order valence-corrected chi connectivity index (χ0v) is 13.6. The molecule has 1 aromatic carbocycles. The Bertz CT molecular complexity index is 649. The van der Waals surface area contributed by atoms with Crippen molar-refractivity contribution >= 4 is 5.91 Å². The van der Waals surface area contributed by atoms with Crippen LogP contribution in [0.15, 0.2) is 30.3 Å². The highest BCUT2D eigenvalue weighted by Crippen LogP contribution is 2.17. The third-order valence-electron chi connectivity index (χ3n) is 3.61. The molecule has 1 atom stereocenters. The summed E-state index contributed by atoms with van der Waals surface area (Å²) < 4.78 is 7.18. The average molecular weight is 301 g/mol. The van der Waals surface area contributed by atoms with Crippen molar-refractivity contribution in [2.24, 2.45) is 0 Å². The van der Waals surface area contributed by atoms with Crippen LogP contribution in [-0.4, -0.2) is 22.8 Å². The summed E-state index contributed by atoms with van der Waals surface area (Å²) in [5, 5.41) is 7.37. The average Bonchev–Trinajstić information content (AvgIpc) is 2.84. The normalized spacial score (nSPS) is 12.0. The Labute approximate surface area is 131 Å². The number of carbonyl (C=O) groups excluding carboxylic acids is 1. The molecule has 2 rings (SSSR count). The predicted octanol–water partition coefficient (Wildman–Crippen LogP) is 2.78. The van der Waals surface area contributed by atoms with Gasteiger partial charge in [0.1, 0.15) is 5.75 Å². The van der Waals surface area contributed by atoms with Crippen molar-refractivity contribution in [3.63, 3.8) is 0 Å². The number of aryl methyl sites for hydroxylation is 2. The number of carbonyl (C=O) groups is 1. The fraction of sp³-hybridized carbons (Fsp3) is 0.412. The molecule has 0 aliphatic carbocycles. The molecule has 22 heavy (non-hydrogen) atoms. The van der Waals surface area contributed by atoms with Crippen molar-refractivity contribution < 1.29 is 9.53 Å². The number of amides is 1. The van der Waals surface area contributed by atoms with Gasteiger partial charge in [0.25, 0.3) is 0 Å². The summed E-state index contributed by atoms with van der Waals surface area (Å²) in [5.41, 5.74) is 3.01. The number of aromatic nitrogens is 2. The Morgan fingerprint density at radius 2 is 2.09 bits per heavy atom. The first kappa shape index (κ1) is 16.1. The van der Waals surface area contributed by atoms with Crippen LogP contribution in [0.3, 0.4) is 0 Å². The minimum Gasteiger partial charge on any atom is -0.496 e. The molecule has 1 N–H and O–H groups in total. The molecular formula is C17H23N3O2. The van der Waals surface area contributed by atoms with E-state index in [2.05, 4.69) is 10.4 Å². The van der Waals surface area contributed by atoms with Crippen LogP contribution in [0.5, 0.6) is 5.75 Å². The van der Waals surface area contributed by atoms with Crippen LogP contribution in [0, 0.1) is 13.8 Å². The van der Waals surface area contributed by atoms with E-state index in [1.807, 2.05) is 55.8 Å². The molecule has 0 bridgehead atoms. The molecule has 0 aliphatic heterocycles. The zero-order chi connectivity index (χ0) is 16.1. The van der Waals surface area contributed by atoms with Gasteiger partial charge in [0.2, 0.25) is 5.91 Å². The van der Waals surface area contributed by atoms with E-state index in [0.717, 1.165) is 22.7 Å². The summed E-state index contributed by atoms with van der Waals surface area (Å²) >= 11 is 0. The highest BCUT2D eigenvalue weighted by Gasteiger charge is 2.14. The molecule has 0 saturated carbocycles. The van der Waals surface area contributed by atoms with Gasteiger partial charge in [-0.25, -0.2) is 0 Å². The number of ether oxygens (including phenoxy) is 1. The lowest BCUT2D eigenvalue weighted by atomic mass is 10.2. The van der Waals surface area contributed by atoms with E-state index in [-0.39, 0.29) is 11.9 Å². The number of rotatable bonds is 6. The molecule has 5 nitrogen and oxygen atoms in total. The molecule has 0 spiro atoms. The number of hydrogen-bond acceptors (Lipinski definition) is 3. The van der Waals surface area contributed by atoms with Gasteiger partial charge in [0.05, 0.1) is 18.8 Å². The number of para-hydroxylation sites is 1. The van der Waals surface area contributed by atoms with Gasteiger partial charge < -0.3 is 10.1 Å². The standard InChI is InChI=1S/C17H23N3O2/c1-12-9-13(2)20(19-12)14(3)10-17(21)18-11-15-7-5-6-8-16(15)22-4/h5-9,14H,10-11H2,1-4H3,(H,18,21)/t14-/m0/s1. The first-order chi connectivity index (χ1) is 10.5. The molecule has 5 heteroatoms. The van der Waals surface area contributed by atoms with Crippen LogP contribution >= 0.6 is 0 Å². The van der Waals surface area contributed by atoms with Gasteiger partial charge in [-0.05, 0) is 32.9 Å². The number of nitrogens with one attached hydrogen (secondary N) is 1. The lowest BCUT2D eigenvalue weighted by Gasteiger charge is -2.15. The van der Waals surface area contributed by atoms with E-state index >= 15 is 0 Å². The number of methoxy groups -OCH3 is 1. The third-order valence-corrected chi connectivity index (χ3v) is 3.61. The first-order valence-corrected chi connectivity index (χ1v) is 7.42. The van der Waals surface area contributed by atoms with Gasteiger partial charge in [-0.1, -0.05) is 18.2 Å². The summed E-state index contributed by atoms with van der Waals surface area (Å²) in [5.74, 6) is 0.792. The van der Waals surface area contributed by atoms with Crippen LogP contribution in [0.25, 0.3) is 0 Å². The highest BCUT2D eigenvalue weighted by molar-refractivity contribution is 5.76. The third kappa shape index (κ3) is 3.87. The molecule has 1 aromatic heterocycles. The topological polar surface area (TPSA) is 56.1 Å². The van der Waals surface area contributed by atoms with E-state index in [0.29, 0.717) is 13.0 Å². The quantitative estimate of drug-likeness (QED) is 0.892. The molecule has 2 aromatic rings. The second-order valence-electron chi connectivity index (χ2n) is 5.51. The Balaban J connectivity index is 1.91. The summed E-state index contributed by atoms with van der Waals surface area (Å²) in [7, 11) is 1.63. The fourth-order valence-corrected chi connectivity index (χ4v) is 2.56. The van der Waals surface area contributed by atoms with E-state index in [4.69, 9.17) is 4.74 Å². The smallest absolute Gasteiger partial charge is 0.222 e. The SMILES string of the molecule is COc1ccccc1CNC(=O)C[C@H](C)n1nc(C)cc1C. The van der Waals surface area contributed by atoms with Crippen molar-refractivity contribution in [3.8, 4) is 5.75 Å². The maximum Gasteiger partial charge on any atom is 0.222 e. The molecule has 118 valence electrons. The second-order valence-corrected chi connectivity index (χ2v) is 5.51. The summed E-state index contributed by atoms with van der Waals surface area (Å²) in [6.45, 7) is 6.43.